The minimum Gasteiger partial charge on any atom is -0.374 e. The van der Waals surface area contributed by atoms with Crippen molar-refractivity contribution < 1.29 is 9.66 Å². The zero-order valence-electron chi connectivity index (χ0n) is 11.2. The number of nitrogens with one attached hydrogen (secondary N) is 1. The van der Waals surface area contributed by atoms with E-state index < -0.39 is 4.92 Å². The van der Waals surface area contributed by atoms with Crippen molar-refractivity contribution in [2.45, 2.75) is 13.0 Å². The summed E-state index contributed by atoms with van der Waals surface area (Å²) in [5.41, 5.74) is -0.0338. The predicted octanol–water partition coefficient (Wildman–Crippen LogP) is 1.88. The Balaban J connectivity index is 1.92. The SMILES string of the molecule is CCN1CCOC(CNc2ncc([N+](=O)[O-])cc2Br)C1. The number of ether oxygens (including phenoxy) is 1. The lowest BCUT2D eigenvalue weighted by molar-refractivity contribution is -0.385. The molecule has 0 amide bonds. The Morgan fingerprint density at radius 1 is 1.70 bits per heavy atom. The van der Waals surface area contributed by atoms with Crippen molar-refractivity contribution >= 4 is 27.4 Å². The highest BCUT2D eigenvalue weighted by Crippen LogP contribution is 2.24. The third kappa shape index (κ3) is 3.87. The summed E-state index contributed by atoms with van der Waals surface area (Å²) >= 11 is 3.29. The second-order valence-electron chi connectivity index (χ2n) is 4.55. The van der Waals surface area contributed by atoms with Gasteiger partial charge in [-0.2, -0.15) is 0 Å². The van der Waals surface area contributed by atoms with E-state index in [4.69, 9.17) is 4.74 Å². The van der Waals surface area contributed by atoms with Crippen molar-refractivity contribution in [2.75, 3.05) is 38.1 Å². The lowest BCUT2D eigenvalue weighted by Crippen LogP contribution is -2.45. The smallest absolute Gasteiger partial charge is 0.288 e. The van der Waals surface area contributed by atoms with E-state index in [1.807, 2.05) is 0 Å². The number of rotatable bonds is 5. The van der Waals surface area contributed by atoms with Crippen LogP contribution in [-0.4, -0.2) is 53.7 Å². The molecule has 0 aliphatic carbocycles. The highest BCUT2D eigenvalue weighted by Gasteiger charge is 2.19. The quantitative estimate of drug-likeness (QED) is 0.648. The van der Waals surface area contributed by atoms with Gasteiger partial charge >= 0.3 is 0 Å². The molecule has 8 heteroatoms. The van der Waals surface area contributed by atoms with Crippen molar-refractivity contribution in [2.24, 2.45) is 0 Å². The standard InChI is InChI=1S/C12H17BrN4O3/c1-2-16-3-4-20-10(8-16)7-15-12-11(13)5-9(6-14-12)17(18)19/h5-6,10H,2-4,7-8H2,1H3,(H,14,15). The van der Waals surface area contributed by atoms with Crippen molar-refractivity contribution in [3.63, 3.8) is 0 Å². The molecular formula is C12H17BrN4O3. The van der Waals surface area contributed by atoms with E-state index in [2.05, 4.69) is 38.1 Å². The fourth-order valence-corrected chi connectivity index (χ4v) is 2.54. The average Bonchev–Trinajstić information content (AvgIpc) is 2.46. The van der Waals surface area contributed by atoms with Crippen LogP contribution in [0.15, 0.2) is 16.7 Å². The van der Waals surface area contributed by atoms with E-state index in [1.54, 1.807) is 0 Å². The van der Waals surface area contributed by atoms with E-state index in [0.717, 1.165) is 26.2 Å². The summed E-state index contributed by atoms with van der Waals surface area (Å²) in [4.78, 5) is 16.6. The van der Waals surface area contributed by atoms with Crippen LogP contribution in [0.25, 0.3) is 0 Å². The third-order valence-corrected chi connectivity index (χ3v) is 3.81. The molecule has 1 N–H and O–H groups in total. The molecule has 0 aromatic carbocycles. The first-order valence-electron chi connectivity index (χ1n) is 6.48. The third-order valence-electron chi connectivity index (χ3n) is 3.20. The van der Waals surface area contributed by atoms with Gasteiger partial charge in [-0.1, -0.05) is 6.92 Å². The number of pyridine rings is 1. The molecular weight excluding hydrogens is 328 g/mol. The van der Waals surface area contributed by atoms with Crippen LogP contribution in [0.2, 0.25) is 0 Å². The summed E-state index contributed by atoms with van der Waals surface area (Å²) in [6.45, 7) is 6.35. The number of hydrogen-bond acceptors (Lipinski definition) is 6. The Morgan fingerprint density at radius 3 is 3.15 bits per heavy atom. The molecule has 0 bridgehead atoms. The average molecular weight is 345 g/mol. The Morgan fingerprint density at radius 2 is 2.50 bits per heavy atom. The first-order valence-corrected chi connectivity index (χ1v) is 7.27. The zero-order valence-corrected chi connectivity index (χ0v) is 12.8. The lowest BCUT2D eigenvalue weighted by Gasteiger charge is -2.32. The normalized spacial score (nSPS) is 19.8. The number of aromatic nitrogens is 1. The predicted molar refractivity (Wildman–Crippen MR) is 78.9 cm³/mol. The van der Waals surface area contributed by atoms with Gasteiger partial charge in [0.1, 0.15) is 12.0 Å². The van der Waals surface area contributed by atoms with Gasteiger partial charge in [0.25, 0.3) is 5.69 Å². The lowest BCUT2D eigenvalue weighted by atomic mass is 10.2. The molecule has 20 heavy (non-hydrogen) atoms. The first-order chi connectivity index (χ1) is 9.60. The fourth-order valence-electron chi connectivity index (χ4n) is 2.06. The molecule has 1 aromatic rings. The number of anilines is 1. The van der Waals surface area contributed by atoms with Gasteiger partial charge in [0.2, 0.25) is 0 Å². The molecule has 0 spiro atoms. The van der Waals surface area contributed by atoms with E-state index >= 15 is 0 Å². The van der Waals surface area contributed by atoms with Gasteiger partial charge in [-0.3, -0.25) is 15.0 Å². The number of likely N-dealkylation sites (N-methyl/N-ethyl adjacent to an activating group) is 1. The molecule has 7 nitrogen and oxygen atoms in total. The minimum atomic E-state index is -0.467. The molecule has 1 atom stereocenters. The summed E-state index contributed by atoms with van der Waals surface area (Å²) in [7, 11) is 0. The molecule has 1 aromatic heterocycles. The van der Waals surface area contributed by atoms with Gasteiger partial charge in [0.05, 0.1) is 22.1 Å². The Kier molecular flexibility index (Phi) is 5.27. The number of nitro groups is 1. The van der Waals surface area contributed by atoms with Crippen molar-refractivity contribution in [1.82, 2.24) is 9.88 Å². The largest absolute Gasteiger partial charge is 0.374 e. The number of halogens is 1. The Bertz CT molecular complexity index is 486. The van der Waals surface area contributed by atoms with Crippen molar-refractivity contribution in [3.8, 4) is 0 Å². The van der Waals surface area contributed by atoms with Crippen LogP contribution in [0.3, 0.4) is 0 Å². The summed E-state index contributed by atoms with van der Waals surface area (Å²) in [5.74, 6) is 0.591. The Hall–Kier alpha value is -1.25. The molecule has 1 fully saturated rings. The van der Waals surface area contributed by atoms with Crippen molar-refractivity contribution in [3.05, 3.63) is 26.9 Å². The van der Waals surface area contributed by atoms with Crippen LogP contribution in [0.4, 0.5) is 11.5 Å². The van der Waals surface area contributed by atoms with Crippen LogP contribution >= 0.6 is 15.9 Å². The van der Waals surface area contributed by atoms with Crippen LogP contribution in [0, 0.1) is 10.1 Å². The monoisotopic (exact) mass is 344 g/mol. The topological polar surface area (TPSA) is 80.5 Å². The molecule has 110 valence electrons. The van der Waals surface area contributed by atoms with Crippen LogP contribution in [0.1, 0.15) is 6.92 Å². The maximum Gasteiger partial charge on any atom is 0.288 e. The maximum atomic E-state index is 10.6. The molecule has 1 aliphatic heterocycles. The molecule has 1 saturated heterocycles. The Labute approximate surface area is 125 Å². The van der Waals surface area contributed by atoms with Crippen LogP contribution in [-0.2, 0) is 4.74 Å². The molecule has 2 heterocycles. The minimum absolute atomic E-state index is 0.0338. The second kappa shape index (κ2) is 6.96. The molecule has 2 rings (SSSR count). The van der Waals surface area contributed by atoms with E-state index in [0.29, 0.717) is 16.8 Å². The summed E-state index contributed by atoms with van der Waals surface area (Å²) in [5, 5.41) is 13.8. The van der Waals surface area contributed by atoms with Gasteiger partial charge in [-0.25, -0.2) is 4.98 Å². The second-order valence-corrected chi connectivity index (χ2v) is 5.40. The van der Waals surface area contributed by atoms with Gasteiger partial charge < -0.3 is 10.1 Å². The van der Waals surface area contributed by atoms with E-state index in [-0.39, 0.29) is 11.8 Å². The first kappa shape index (κ1) is 15.1. The van der Waals surface area contributed by atoms with Gasteiger partial charge in [0, 0.05) is 25.7 Å². The van der Waals surface area contributed by atoms with E-state index in [1.165, 1.54) is 12.3 Å². The maximum absolute atomic E-state index is 10.6. The fraction of sp³-hybridized carbons (Fsp3) is 0.583. The summed E-state index contributed by atoms with van der Waals surface area (Å²) in [6, 6.07) is 1.44. The number of morpholine rings is 1. The summed E-state index contributed by atoms with van der Waals surface area (Å²) < 4.78 is 6.26. The zero-order chi connectivity index (χ0) is 14.5. The summed E-state index contributed by atoms with van der Waals surface area (Å²) in [6.07, 6.45) is 1.35. The molecule has 1 aliphatic rings. The van der Waals surface area contributed by atoms with E-state index in [9.17, 15) is 10.1 Å². The molecule has 0 radical (unpaired) electrons. The van der Waals surface area contributed by atoms with Crippen LogP contribution in [0.5, 0.6) is 0 Å². The van der Waals surface area contributed by atoms with Crippen LogP contribution < -0.4 is 5.32 Å². The van der Waals surface area contributed by atoms with Gasteiger partial charge in [-0.05, 0) is 22.5 Å². The van der Waals surface area contributed by atoms with Gasteiger partial charge in [-0.15, -0.1) is 0 Å². The molecule has 0 saturated carbocycles. The highest BCUT2D eigenvalue weighted by molar-refractivity contribution is 9.10. The van der Waals surface area contributed by atoms with Crippen molar-refractivity contribution in [1.29, 1.82) is 0 Å². The highest BCUT2D eigenvalue weighted by atomic mass is 79.9. The molecule has 1 unspecified atom stereocenters. The number of nitrogens with zero attached hydrogens (tertiary/aromatic N) is 3. The van der Waals surface area contributed by atoms with Gasteiger partial charge in [0.15, 0.2) is 0 Å². The number of hydrogen-bond donors (Lipinski definition) is 1.